The van der Waals surface area contributed by atoms with E-state index in [1.807, 2.05) is 18.4 Å². The Morgan fingerprint density at radius 3 is 2.79 bits per heavy atom. The van der Waals surface area contributed by atoms with E-state index in [-0.39, 0.29) is 5.91 Å². The van der Waals surface area contributed by atoms with Crippen molar-refractivity contribution in [1.29, 1.82) is 0 Å². The quantitative estimate of drug-likeness (QED) is 0.596. The molecule has 0 aromatic heterocycles. The van der Waals surface area contributed by atoms with Gasteiger partial charge in [0, 0.05) is 9.13 Å². The molecule has 0 radical (unpaired) electrons. The fourth-order valence-electron chi connectivity index (χ4n) is 1.50. The first-order valence-electron chi connectivity index (χ1n) is 5.71. The maximum absolute atomic E-state index is 12.1. The summed E-state index contributed by atoms with van der Waals surface area (Å²) >= 11 is 3.76. The van der Waals surface area contributed by atoms with Gasteiger partial charge in [-0.2, -0.15) is 11.8 Å². The number of hydrogen-bond donors (Lipinski definition) is 1. The molecule has 1 aromatic rings. The second kappa shape index (κ2) is 8.42. The van der Waals surface area contributed by atoms with Crippen molar-refractivity contribution in [2.24, 2.45) is 0 Å². The molecule has 104 valence electrons. The molecule has 6 heteroatoms. The van der Waals surface area contributed by atoms with Gasteiger partial charge in [-0.15, -0.1) is 0 Å². The number of ether oxygens (including phenoxy) is 1. The fraction of sp³-hybridized carbons (Fsp3) is 0.385. The summed E-state index contributed by atoms with van der Waals surface area (Å²) in [4.78, 5) is 23.7. The summed E-state index contributed by atoms with van der Waals surface area (Å²) in [5.74, 6) is 0.120. The van der Waals surface area contributed by atoms with Crippen molar-refractivity contribution in [3.63, 3.8) is 0 Å². The molecule has 0 saturated carbocycles. The van der Waals surface area contributed by atoms with Gasteiger partial charge in [-0.05, 0) is 59.2 Å². The first-order valence-corrected chi connectivity index (χ1v) is 8.19. The van der Waals surface area contributed by atoms with Gasteiger partial charge in [-0.25, -0.2) is 4.79 Å². The molecule has 0 fully saturated rings. The number of hydrogen-bond acceptors (Lipinski definition) is 4. The van der Waals surface area contributed by atoms with E-state index in [4.69, 9.17) is 4.74 Å². The van der Waals surface area contributed by atoms with Gasteiger partial charge in [-0.1, -0.05) is 6.07 Å². The molecule has 1 atom stereocenters. The highest BCUT2D eigenvalue weighted by Crippen LogP contribution is 2.09. The molecular weight excluding hydrogens is 377 g/mol. The zero-order valence-corrected chi connectivity index (χ0v) is 13.8. The number of carbonyl (C=O) groups excluding carboxylic acids is 2. The third kappa shape index (κ3) is 5.40. The number of nitrogens with one attached hydrogen (secondary N) is 1. The number of halogens is 1. The van der Waals surface area contributed by atoms with Gasteiger partial charge in [-0.3, -0.25) is 4.79 Å². The first-order chi connectivity index (χ1) is 9.08. The maximum atomic E-state index is 12.1. The van der Waals surface area contributed by atoms with Crippen LogP contribution in [-0.2, 0) is 9.53 Å². The van der Waals surface area contributed by atoms with Crippen LogP contribution >= 0.6 is 34.4 Å². The van der Waals surface area contributed by atoms with Crippen molar-refractivity contribution in [3.05, 3.63) is 33.4 Å². The molecule has 0 spiro atoms. The van der Waals surface area contributed by atoms with Crippen molar-refractivity contribution < 1.29 is 14.3 Å². The number of methoxy groups -OCH3 is 1. The van der Waals surface area contributed by atoms with Crippen LogP contribution in [0, 0.1) is 3.57 Å². The number of thioether (sulfide) groups is 1. The third-order valence-corrected chi connectivity index (χ3v) is 3.80. The first kappa shape index (κ1) is 16.3. The highest BCUT2D eigenvalue weighted by atomic mass is 127. The molecule has 1 rings (SSSR count). The van der Waals surface area contributed by atoms with Crippen LogP contribution in [0.5, 0.6) is 0 Å². The van der Waals surface area contributed by atoms with E-state index in [0.29, 0.717) is 12.0 Å². The Labute approximate surface area is 130 Å². The summed E-state index contributed by atoms with van der Waals surface area (Å²) in [6.45, 7) is 0. The lowest BCUT2D eigenvalue weighted by molar-refractivity contribution is -0.142. The minimum atomic E-state index is -0.595. The van der Waals surface area contributed by atoms with Crippen LogP contribution in [0.3, 0.4) is 0 Å². The highest BCUT2D eigenvalue weighted by molar-refractivity contribution is 14.1. The van der Waals surface area contributed by atoms with E-state index in [2.05, 4.69) is 27.9 Å². The average molecular weight is 393 g/mol. The number of amides is 1. The average Bonchev–Trinajstić information content (AvgIpc) is 2.42. The Morgan fingerprint density at radius 2 is 2.21 bits per heavy atom. The predicted molar refractivity (Wildman–Crippen MR) is 85.4 cm³/mol. The molecule has 1 N–H and O–H groups in total. The number of esters is 1. The zero-order valence-electron chi connectivity index (χ0n) is 10.8. The van der Waals surface area contributed by atoms with E-state index in [0.717, 1.165) is 9.32 Å². The molecular formula is C13H16INO3S. The Hall–Kier alpha value is -0.760. The third-order valence-electron chi connectivity index (χ3n) is 2.49. The molecule has 0 saturated heterocycles. The van der Waals surface area contributed by atoms with Gasteiger partial charge in [0.1, 0.15) is 6.04 Å². The largest absolute Gasteiger partial charge is 0.467 e. The summed E-state index contributed by atoms with van der Waals surface area (Å²) < 4.78 is 5.68. The van der Waals surface area contributed by atoms with Crippen molar-refractivity contribution in [1.82, 2.24) is 5.32 Å². The molecule has 1 aromatic carbocycles. The molecule has 1 amide bonds. The van der Waals surface area contributed by atoms with Gasteiger partial charge in [0.15, 0.2) is 0 Å². The standard InChI is InChI=1S/C13H16INO3S/c1-18-13(17)11(6-7-19-2)15-12(16)9-4-3-5-10(14)8-9/h3-5,8,11H,6-7H2,1-2H3,(H,15,16)/t11-/m0/s1. The van der Waals surface area contributed by atoms with E-state index < -0.39 is 12.0 Å². The van der Waals surface area contributed by atoms with E-state index in [1.165, 1.54) is 7.11 Å². The van der Waals surface area contributed by atoms with Crippen LogP contribution in [0.4, 0.5) is 0 Å². The van der Waals surface area contributed by atoms with Gasteiger partial charge in [0.2, 0.25) is 0 Å². The monoisotopic (exact) mass is 393 g/mol. The van der Waals surface area contributed by atoms with E-state index in [9.17, 15) is 9.59 Å². The summed E-state index contributed by atoms with van der Waals surface area (Å²) in [5, 5.41) is 2.72. The highest BCUT2D eigenvalue weighted by Gasteiger charge is 2.21. The van der Waals surface area contributed by atoms with Gasteiger partial charge in [0.05, 0.1) is 7.11 Å². The van der Waals surface area contributed by atoms with Crippen LogP contribution < -0.4 is 5.32 Å². The summed E-state index contributed by atoms with van der Waals surface area (Å²) in [6.07, 6.45) is 2.51. The second-order valence-corrected chi connectivity index (χ2v) is 6.07. The summed E-state index contributed by atoms with van der Waals surface area (Å²) in [7, 11) is 1.33. The molecule has 0 aliphatic heterocycles. The Bertz CT molecular complexity index is 453. The molecule has 0 aliphatic rings. The number of rotatable bonds is 6. The van der Waals surface area contributed by atoms with E-state index in [1.54, 1.807) is 23.9 Å². The van der Waals surface area contributed by atoms with Crippen LogP contribution in [0.2, 0.25) is 0 Å². The Kier molecular flexibility index (Phi) is 7.22. The van der Waals surface area contributed by atoms with Gasteiger partial charge < -0.3 is 10.1 Å². The molecule has 0 unspecified atom stereocenters. The summed E-state index contributed by atoms with van der Waals surface area (Å²) in [5.41, 5.74) is 0.546. The SMILES string of the molecule is COC(=O)[C@H](CCSC)NC(=O)c1cccc(I)c1. The zero-order chi connectivity index (χ0) is 14.3. The van der Waals surface area contributed by atoms with Crippen molar-refractivity contribution >= 4 is 46.2 Å². The van der Waals surface area contributed by atoms with Crippen molar-refractivity contribution in [2.75, 3.05) is 19.1 Å². The maximum Gasteiger partial charge on any atom is 0.328 e. The van der Waals surface area contributed by atoms with Crippen LogP contribution in [0.1, 0.15) is 16.8 Å². The number of benzene rings is 1. The Morgan fingerprint density at radius 1 is 1.47 bits per heavy atom. The fourth-order valence-corrected chi connectivity index (χ4v) is 2.51. The molecule has 0 bridgehead atoms. The van der Waals surface area contributed by atoms with E-state index >= 15 is 0 Å². The minimum Gasteiger partial charge on any atom is -0.467 e. The number of carbonyl (C=O) groups is 2. The van der Waals surface area contributed by atoms with Gasteiger partial charge >= 0.3 is 5.97 Å². The molecule has 0 heterocycles. The van der Waals surface area contributed by atoms with Crippen molar-refractivity contribution in [3.8, 4) is 0 Å². The lowest BCUT2D eigenvalue weighted by Crippen LogP contribution is -2.41. The van der Waals surface area contributed by atoms with Crippen LogP contribution in [0.15, 0.2) is 24.3 Å². The lowest BCUT2D eigenvalue weighted by atomic mass is 10.1. The van der Waals surface area contributed by atoms with Crippen LogP contribution in [-0.4, -0.2) is 37.0 Å². The van der Waals surface area contributed by atoms with Gasteiger partial charge in [0.25, 0.3) is 5.91 Å². The smallest absolute Gasteiger partial charge is 0.328 e. The Balaban J connectivity index is 2.72. The lowest BCUT2D eigenvalue weighted by Gasteiger charge is -2.16. The predicted octanol–water partition coefficient (Wildman–Crippen LogP) is 2.32. The normalized spacial score (nSPS) is 11.7. The minimum absolute atomic E-state index is 0.255. The molecule has 4 nitrogen and oxygen atoms in total. The summed E-state index contributed by atoms with van der Waals surface area (Å²) in [6, 6.07) is 6.62. The molecule has 19 heavy (non-hydrogen) atoms. The second-order valence-electron chi connectivity index (χ2n) is 3.84. The van der Waals surface area contributed by atoms with Crippen LogP contribution in [0.25, 0.3) is 0 Å². The molecule has 0 aliphatic carbocycles. The topological polar surface area (TPSA) is 55.4 Å². The van der Waals surface area contributed by atoms with Crippen molar-refractivity contribution in [2.45, 2.75) is 12.5 Å².